The van der Waals surface area contributed by atoms with Crippen LogP contribution in [0.25, 0.3) is 11.1 Å². The zero-order valence-corrected chi connectivity index (χ0v) is 16.7. The first-order valence-electron chi connectivity index (χ1n) is 9.01. The molecule has 2 heteroatoms. The lowest BCUT2D eigenvalue weighted by atomic mass is 9.96. The highest BCUT2D eigenvalue weighted by Gasteiger charge is 2.05. The molecule has 3 rings (SSSR count). The van der Waals surface area contributed by atoms with Crippen molar-refractivity contribution in [3.8, 4) is 23.0 Å². The molecule has 0 aliphatic carbocycles. The van der Waals surface area contributed by atoms with Crippen molar-refractivity contribution in [3.63, 3.8) is 0 Å². The SMILES string of the molecule is CCc1cc(-c2ccc(N=C=S)c(C)c2)ccc1C#Cc1ccc(C)cc1. The fourth-order valence-corrected chi connectivity index (χ4v) is 3.07. The Bertz CT molecular complexity index is 1080. The third-order valence-corrected chi connectivity index (χ3v) is 4.67. The second kappa shape index (κ2) is 8.60. The summed E-state index contributed by atoms with van der Waals surface area (Å²) in [5.74, 6) is 6.60. The summed E-state index contributed by atoms with van der Waals surface area (Å²) < 4.78 is 0. The van der Waals surface area contributed by atoms with E-state index in [-0.39, 0.29) is 0 Å². The van der Waals surface area contributed by atoms with E-state index in [1.807, 2.05) is 13.0 Å². The van der Waals surface area contributed by atoms with E-state index in [9.17, 15) is 0 Å². The minimum absolute atomic E-state index is 0.866. The molecule has 0 bridgehead atoms. The molecule has 0 fully saturated rings. The number of nitrogens with zero attached hydrogens (tertiary/aromatic N) is 1. The quantitative estimate of drug-likeness (QED) is 0.286. The van der Waals surface area contributed by atoms with Crippen molar-refractivity contribution >= 4 is 23.1 Å². The monoisotopic (exact) mass is 367 g/mol. The third kappa shape index (κ3) is 4.60. The van der Waals surface area contributed by atoms with Crippen LogP contribution < -0.4 is 0 Å². The maximum absolute atomic E-state index is 4.70. The summed E-state index contributed by atoms with van der Waals surface area (Å²) in [7, 11) is 0. The Morgan fingerprint density at radius 1 is 0.852 bits per heavy atom. The summed E-state index contributed by atoms with van der Waals surface area (Å²) in [6, 6.07) is 21.0. The molecule has 0 amide bonds. The van der Waals surface area contributed by atoms with Gasteiger partial charge in [0.1, 0.15) is 0 Å². The first kappa shape index (κ1) is 18.8. The second-order valence-electron chi connectivity index (χ2n) is 6.55. The van der Waals surface area contributed by atoms with Crippen LogP contribution in [0.15, 0.2) is 65.7 Å². The Morgan fingerprint density at radius 2 is 1.56 bits per heavy atom. The fraction of sp³-hybridized carbons (Fsp3) is 0.160. The molecule has 3 aromatic rings. The van der Waals surface area contributed by atoms with Crippen LogP contribution in [0.5, 0.6) is 0 Å². The number of hydrogen-bond acceptors (Lipinski definition) is 2. The van der Waals surface area contributed by atoms with Crippen molar-refractivity contribution in [2.75, 3.05) is 0 Å². The van der Waals surface area contributed by atoms with Gasteiger partial charge < -0.3 is 0 Å². The van der Waals surface area contributed by atoms with Crippen molar-refractivity contribution in [1.29, 1.82) is 0 Å². The lowest BCUT2D eigenvalue weighted by molar-refractivity contribution is 1.13. The van der Waals surface area contributed by atoms with Gasteiger partial charge in [0.15, 0.2) is 0 Å². The summed E-state index contributed by atoms with van der Waals surface area (Å²) in [5, 5.41) is 2.43. The van der Waals surface area contributed by atoms with Gasteiger partial charge >= 0.3 is 0 Å². The van der Waals surface area contributed by atoms with Gasteiger partial charge in [-0.15, -0.1) is 0 Å². The first-order chi connectivity index (χ1) is 13.1. The number of benzene rings is 3. The smallest absolute Gasteiger partial charge is 0.0769 e. The fourth-order valence-electron chi connectivity index (χ4n) is 2.97. The minimum Gasteiger partial charge on any atom is -0.194 e. The average Bonchev–Trinajstić information content (AvgIpc) is 2.69. The van der Waals surface area contributed by atoms with Crippen LogP contribution in [-0.4, -0.2) is 5.16 Å². The number of rotatable bonds is 3. The van der Waals surface area contributed by atoms with Gasteiger partial charge in [-0.1, -0.05) is 48.6 Å². The van der Waals surface area contributed by atoms with E-state index in [0.717, 1.165) is 28.8 Å². The molecule has 0 aliphatic rings. The van der Waals surface area contributed by atoms with E-state index in [2.05, 4.69) is 90.4 Å². The number of aliphatic imine (C=N–C) groups is 1. The largest absolute Gasteiger partial charge is 0.194 e. The lowest BCUT2D eigenvalue weighted by Gasteiger charge is -2.09. The summed E-state index contributed by atoms with van der Waals surface area (Å²) in [4.78, 5) is 4.09. The van der Waals surface area contributed by atoms with Crippen LogP contribution in [-0.2, 0) is 6.42 Å². The van der Waals surface area contributed by atoms with E-state index in [1.165, 1.54) is 22.3 Å². The maximum Gasteiger partial charge on any atom is 0.0769 e. The molecule has 0 atom stereocenters. The highest BCUT2D eigenvalue weighted by molar-refractivity contribution is 7.78. The van der Waals surface area contributed by atoms with Crippen LogP contribution in [0, 0.1) is 25.7 Å². The molecule has 0 aliphatic heterocycles. The molecule has 0 heterocycles. The Labute approximate surface area is 166 Å². The van der Waals surface area contributed by atoms with Gasteiger partial charge in [0.25, 0.3) is 0 Å². The molecule has 0 spiro atoms. The van der Waals surface area contributed by atoms with Crippen molar-refractivity contribution in [2.45, 2.75) is 27.2 Å². The molecule has 0 saturated heterocycles. The van der Waals surface area contributed by atoms with E-state index >= 15 is 0 Å². The number of aryl methyl sites for hydroxylation is 3. The van der Waals surface area contributed by atoms with Crippen molar-refractivity contribution in [2.24, 2.45) is 4.99 Å². The Balaban J connectivity index is 1.94. The highest BCUT2D eigenvalue weighted by Crippen LogP contribution is 2.28. The molecule has 0 unspecified atom stereocenters. The summed E-state index contributed by atoms with van der Waals surface area (Å²) >= 11 is 4.70. The summed E-state index contributed by atoms with van der Waals surface area (Å²) in [5.41, 5.74) is 8.94. The van der Waals surface area contributed by atoms with E-state index in [1.54, 1.807) is 0 Å². The number of thiocarbonyl (C=S) groups is 1. The number of hydrogen-bond donors (Lipinski definition) is 0. The van der Waals surface area contributed by atoms with Crippen LogP contribution in [0.1, 0.15) is 34.7 Å². The molecule has 0 aromatic heterocycles. The second-order valence-corrected chi connectivity index (χ2v) is 6.73. The molecule has 0 radical (unpaired) electrons. The predicted octanol–water partition coefficient (Wildman–Crippen LogP) is 6.67. The van der Waals surface area contributed by atoms with Crippen LogP contribution in [0.3, 0.4) is 0 Å². The highest BCUT2D eigenvalue weighted by atomic mass is 32.1. The van der Waals surface area contributed by atoms with Crippen LogP contribution in [0.4, 0.5) is 5.69 Å². The topological polar surface area (TPSA) is 12.4 Å². The minimum atomic E-state index is 0.866. The zero-order chi connectivity index (χ0) is 19.2. The first-order valence-corrected chi connectivity index (χ1v) is 9.42. The standard InChI is InChI=1S/C25H21NS/c1-4-21-16-24(23-13-14-25(26-17-27)19(3)15-23)12-11-22(21)10-9-20-7-5-18(2)6-8-20/h5-8,11-16H,4H2,1-3H3. The summed E-state index contributed by atoms with van der Waals surface area (Å²) in [6.07, 6.45) is 0.942. The average molecular weight is 368 g/mol. The normalized spacial score (nSPS) is 9.89. The van der Waals surface area contributed by atoms with Crippen molar-refractivity contribution < 1.29 is 0 Å². The van der Waals surface area contributed by atoms with Gasteiger partial charge in [-0.05, 0) is 91.1 Å². The van der Waals surface area contributed by atoms with Crippen molar-refractivity contribution in [3.05, 3.63) is 88.5 Å². The molecular formula is C25H21NS. The van der Waals surface area contributed by atoms with Crippen LogP contribution >= 0.6 is 12.2 Å². The molecule has 3 aromatic carbocycles. The molecule has 27 heavy (non-hydrogen) atoms. The molecule has 0 N–H and O–H groups in total. The number of isothiocyanates is 1. The van der Waals surface area contributed by atoms with Gasteiger partial charge in [-0.25, -0.2) is 0 Å². The van der Waals surface area contributed by atoms with Gasteiger partial charge in [0.05, 0.1) is 10.8 Å². The Hall–Kier alpha value is -2.98. The van der Waals surface area contributed by atoms with E-state index in [0.29, 0.717) is 0 Å². The van der Waals surface area contributed by atoms with E-state index < -0.39 is 0 Å². The summed E-state index contributed by atoms with van der Waals surface area (Å²) in [6.45, 7) is 6.29. The molecule has 0 saturated carbocycles. The predicted molar refractivity (Wildman–Crippen MR) is 118 cm³/mol. The van der Waals surface area contributed by atoms with Crippen molar-refractivity contribution in [1.82, 2.24) is 0 Å². The van der Waals surface area contributed by atoms with Gasteiger partial charge in [-0.3, -0.25) is 0 Å². The van der Waals surface area contributed by atoms with E-state index in [4.69, 9.17) is 12.2 Å². The Kier molecular flexibility index (Phi) is 5.99. The van der Waals surface area contributed by atoms with Crippen LogP contribution in [0.2, 0.25) is 0 Å². The van der Waals surface area contributed by atoms with Gasteiger partial charge in [0.2, 0.25) is 0 Å². The lowest BCUT2D eigenvalue weighted by Crippen LogP contribution is -1.90. The third-order valence-electron chi connectivity index (χ3n) is 4.58. The van der Waals surface area contributed by atoms with Gasteiger partial charge in [0, 0.05) is 11.1 Å². The molecule has 1 nitrogen and oxygen atoms in total. The van der Waals surface area contributed by atoms with Gasteiger partial charge in [-0.2, -0.15) is 4.99 Å². The zero-order valence-electron chi connectivity index (χ0n) is 15.8. The maximum atomic E-state index is 4.70. The molecule has 132 valence electrons. The molecular weight excluding hydrogens is 346 g/mol. The Morgan fingerprint density at radius 3 is 2.22 bits per heavy atom.